The fourth-order valence-corrected chi connectivity index (χ4v) is 3.57. The van der Waals surface area contributed by atoms with E-state index >= 15 is 0 Å². The normalized spacial score (nSPS) is 16.7. The number of hydrogen-bond donors (Lipinski definition) is 2. The van der Waals surface area contributed by atoms with Crippen LogP contribution in [-0.2, 0) is 0 Å². The Labute approximate surface area is 151 Å². The molecule has 1 aliphatic heterocycles. The van der Waals surface area contributed by atoms with Crippen LogP contribution in [0.1, 0.15) is 26.2 Å². The Hall–Kier alpha value is -2.54. The molecule has 3 heterocycles. The molecule has 1 fully saturated rings. The summed E-state index contributed by atoms with van der Waals surface area (Å²) in [5.41, 5.74) is 1.45. The third-order valence-electron chi connectivity index (χ3n) is 4.91. The van der Waals surface area contributed by atoms with Gasteiger partial charge < -0.3 is 10.6 Å². The van der Waals surface area contributed by atoms with Gasteiger partial charge in [-0.1, -0.05) is 0 Å². The highest BCUT2D eigenvalue weighted by atomic mass is 19.1. The highest BCUT2D eigenvalue weighted by Gasteiger charge is 2.17. The maximum Gasteiger partial charge on any atom is 0.185 e. The molecule has 0 bridgehead atoms. The van der Waals surface area contributed by atoms with E-state index in [0.717, 1.165) is 36.8 Å². The maximum absolute atomic E-state index is 13.2. The van der Waals surface area contributed by atoms with E-state index in [1.807, 2.05) is 12.1 Å². The third-order valence-corrected chi connectivity index (χ3v) is 4.91. The molecule has 3 aromatic rings. The van der Waals surface area contributed by atoms with Gasteiger partial charge in [-0.3, -0.25) is 0 Å². The van der Waals surface area contributed by atoms with E-state index in [9.17, 15) is 4.39 Å². The quantitative estimate of drug-likeness (QED) is 0.737. The van der Waals surface area contributed by atoms with Crippen LogP contribution in [0.2, 0.25) is 0 Å². The molecule has 0 radical (unpaired) electrons. The number of fused-ring (bicyclic) bond motifs is 1. The van der Waals surface area contributed by atoms with Crippen LogP contribution in [0.25, 0.3) is 17.0 Å². The summed E-state index contributed by atoms with van der Waals surface area (Å²) in [7, 11) is 0. The first kappa shape index (κ1) is 16.9. The Kier molecular flexibility index (Phi) is 4.79. The van der Waals surface area contributed by atoms with Crippen molar-refractivity contribution in [2.24, 2.45) is 5.92 Å². The lowest BCUT2D eigenvalue weighted by Crippen LogP contribution is -2.31. The van der Waals surface area contributed by atoms with Crippen LogP contribution in [-0.4, -0.2) is 38.9 Å². The number of anilines is 1. The van der Waals surface area contributed by atoms with Gasteiger partial charge >= 0.3 is 0 Å². The minimum Gasteiger partial charge on any atom is -0.366 e. The molecule has 1 aliphatic rings. The van der Waals surface area contributed by atoms with Crippen molar-refractivity contribution in [3.8, 4) is 11.4 Å². The fourth-order valence-electron chi connectivity index (χ4n) is 3.57. The fraction of sp³-hybridized carbons (Fsp3) is 0.421. The van der Waals surface area contributed by atoms with Gasteiger partial charge in [0, 0.05) is 11.6 Å². The van der Waals surface area contributed by atoms with E-state index in [4.69, 9.17) is 0 Å². The monoisotopic (exact) mass is 354 g/mol. The zero-order chi connectivity index (χ0) is 17.9. The number of hydrogen-bond acceptors (Lipinski definition) is 5. The zero-order valence-electron chi connectivity index (χ0n) is 14.8. The van der Waals surface area contributed by atoms with Gasteiger partial charge in [0.1, 0.15) is 11.6 Å². The minimum absolute atomic E-state index is 0.273. The molecule has 0 spiro atoms. The van der Waals surface area contributed by atoms with Crippen molar-refractivity contribution in [3.63, 3.8) is 0 Å². The van der Waals surface area contributed by atoms with Crippen LogP contribution >= 0.6 is 0 Å². The van der Waals surface area contributed by atoms with Crippen LogP contribution in [0.5, 0.6) is 0 Å². The molecule has 1 aromatic carbocycles. The van der Waals surface area contributed by atoms with Gasteiger partial charge in [0.25, 0.3) is 0 Å². The van der Waals surface area contributed by atoms with Crippen molar-refractivity contribution in [3.05, 3.63) is 42.2 Å². The Morgan fingerprint density at radius 2 is 1.92 bits per heavy atom. The summed E-state index contributed by atoms with van der Waals surface area (Å²) < 4.78 is 14.9. The van der Waals surface area contributed by atoms with Crippen molar-refractivity contribution < 1.29 is 4.39 Å². The highest BCUT2D eigenvalue weighted by Crippen LogP contribution is 2.21. The predicted molar refractivity (Wildman–Crippen MR) is 99.5 cm³/mol. The molecule has 0 aliphatic carbocycles. The number of rotatable bonds is 5. The Balaban J connectivity index is 1.53. The van der Waals surface area contributed by atoms with Gasteiger partial charge in [-0.05, 0) is 81.6 Å². The van der Waals surface area contributed by atoms with Gasteiger partial charge in [0.15, 0.2) is 11.5 Å². The second-order valence-corrected chi connectivity index (χ2v) is 6.99. The number of aromatic nitrogens is 4. The van der Waals surface area contributed by atoms with Crippen molar-refractivity contribution >= 4 is 11.5 Å². The van der Waals surface area contributed by atoms with Gasteiger partial charge in [-0.2, -0.15) is 4.52 Å². The minimum atomic E-state index is -0.273. The molecule has 0 amide bonds. The molecule has 0 saturated carbocycles. The average Bonchev–Trinajstić information content (AvgIpc) is 3.06. The number of halogens is 1. The summed E-state index contributed by atoms with van der Waals surface area (Å²) >= 11 is 0. The second-order valence-electron chi connectivity index (χ2n) is 6.99. The van der Waals surface area contributed by atoms with Gasteiger partial charge in [0.2, 0.25) is 0 Å². The molecule has 7 heteroatoms. The summed E-state index contributed by atoms with van der Waals surface area (Å²) in [5, 5.41) is 19.9. The SMILES string of the molecule is CC(CC1CCNCC1)Nc1ccc2nnc(-c3ccc(F)cc3)n2n1. The second kappa shape index (κ2) is 7.37. The first-order valence-corrected chi connectivity index (χ1v) is 9.15. The topological polar surface area (TPSA) is 67.1 Å². The number of piperidine rings is 1. The van der Waals surface area contributed by atoms with E-state index < -0.39 is 0 Å². The van der Waals surface area contributed by atoms with Crippen LogP contribution < -0.4 is 10.6 Å². The molecule has 1 unspecified atom stereocenters. The van der Waals surface area contributed by atoms with Crippen LogP contribution in [0.15, 0.2) is 36.4 Å². The van der Waals surface area contributed by atoms with Crippen molar-refractivity contribution in [1.29, 1.82) is 0 Å². The predicted octanol–water partition coefficient (Wildman–Crippen LogP) is 3.12. The molecule has 4 rings (SSSR count). The standard InChI is InChI=1S/C19H23FN6/c1-13(12-14-8-10-21-11-9-14)22-17-6-7-18-23-24-19(26(18)25-17)15-2-4-16(20)5-3-15/h2-7,13-14,21H,8-12H2,1H3,(H,22,25). The molecular formula is C19H23FN6. The summed E-state index contributed by atoms with van der Waals surface area (Å²) in [6, 6.07) is 10.4. The third kappa shape index (κ3) is 3.67. The molecule has 6 nitrogen and oxygen atoms in total. The van der Waals surface area contributed by atoms with Gasteiger partial charge in [0.05, 0.1) is 0 Å². The Bertz CT molecular complexity index is 869. The van der Waals surface area contributed by atoms with E-state index in [2.05, 4.69) is 32.9 Å². The van der Waals surface area contributed by atoms with Crippen LogP contribution in [0, 0.1) is 11.7 Å². The summed E-state index contributed by atoms with van der Waals surface area (Å²) in [5.74, 6) is 1.88. The summed E-state index contributed by atoms with van der Waals surface area (Å²) in [6.07, 6.45) is 3.60. The molecule has 26 heavy (non-hydrogen) atoms. The van der Waals surface area contributed by atoms with Gasteiger partial charge in [-0.25, -0.2) is 4.39 Å². The van der Waals surface area contributed by atoms with E-state index in [-0.39, 0.29) is 5.82 Å². The Morgan fingerprint density at radius 1 is 1.15 bits per heavy atom. The summed E-state index contributed by atoms with van der Waals surface area (Å²) in [4.78, 5) is 0. The zero-order valence-corrected chi connectivity index (χ0v) is 14.8. The Morgan fingerprint density at radius 3 is 2.69 bits per heavy atom. The van der Waals surface area contributed by atoms with Gasteiger partial charge in [-0.15, -0.1) is 15.3 Å². The molecular weight excluding hydrogens is 331 g/mol. The van der Waals surface area contributed by atoms with E-state index in [1.165, 1.54) is 25.0 Å². The first-order chi connectivity index (χ1) is 12.7. The molecule has 1 saturated heterocycles. The molecule has 136 valence electrons. The van der Waals surface area contributed by atoms with E-state index in [1.54, 1.807) is 16.6 Å². The lowest BCUT2D eigenvalue weighted by Gasteiger charge is -2.26. The van der Waals surface area contributed by atoms with Crippen molar-refractivity contribution in [2.75, 3.05) is 18.4 Å². The highest BCUT2D eigenvalue weighted by molar-refractivity contribution is 5.59. The lowest BCUT2D eigenvalue weighted by molar-refractivity contribution is 0.342. The van der Waals surface area contributed by atoms with Crippen molar-refractivity contribution in [2.45, 2.75) is 32.2 Å². The van der Waals surface area contributed by atoms with Crippen LogP contribution in [0.3, 0.4) is 0 Å². The maximum atomic E-state index is 13.2. The lowest BCUT2D eigenvalue weighted by atomic mass is 9.91. The number of benzene rings is 1. The van der Waals surface area contributed by atoms with Crippen LogP contribution in [0.4, 0.5) is 10.2 Å². The molecule has 2 N–H and O–H groups in total. The number of nitrogens with one attached hydrogen (secondary N) is 2. The largest absolute Gasteiger partial charge is 0.366 e. The van der Waals surface area contributed by atoms with E-state index in [0.29, 0.717) is 17.5 Å². The first-order valence-electron chi connectivity index (χ1n) is 9.15. The molecule has 2 aromatic heterocycles. The van der Waals surface area contributed by atoms with Crippen molar-refractivity contribution in [1.82, 2.24) is 25.1 Å². The smallest absolute Gasteiger partial charge is 0.185 e. The number of nitrogens with zero attached hydrogens (tertiary/aromatic N) is 4. The molecule has 1 atom stereocenters. The summed E-state index contributed by atoms with van der Waals surface area (Å²) in [6.45, 7) is 4.42. The average molecular weight is 354 g/mol.